The lowest BCUT2D eigenvalue weighted by Crippen LogP contribution is -2.28. The van der Waals surface area contributed by atoms with Crippen molar-refractivity contribution in [2.45, 2.75) is 58.9 Å². The van der Waals surface area contributed by atoms with E-state index >= 15 is 0 Å². The van der Waals surface area contributed by atoms with Crippen molar-refractivity contribution in [3.05, 3.63) is 47.7 Å². The van der Waals surface area contributed by atoms with Crippen molar-refractivity contribution in [3.63, 3.8) is 0 Å². The summed E-state index contributed by atoms with van der Waals surface area (Å²) in [5.74, 6) is 0.536. The van der Waals surface area contributed by atoms with E-state index in [4.69, 9.17) is 0 Å². The maximum atomic E-state index is 4.67. The minimum atomic E-state index is 0.510. The predicted octanol–water partition coefficient (Wildman–Crippen LogP) is 5.03. The maximum Gasteiger partial charge on any atom is 0.0530 e. The molecular formula is C22H33N3. The Morgan fingerprint density at radius 1 is 1.32 bits per heavy atom. The van der Waals surface area contributed by atoms with Gasteiger partial charge in [-0.1, -0.05) is 24.8 Å². The van der Waals surface area contributed by atoms with Crippen LogP contribution in [0, 0.1) is 5.92 Å². The lowest BCUT2D eigenvalue weighted by molar-refractivity contribution is 0.528. The Morgan fingerprint density at radius 2 is 2.04 bits per heavy atom. The Hall–Kier alpha value is -1.74. The number of hydrogen-bond acceptors (Lipinski definition) is 3. The van der Waals surface area contributed by atoms with Crippen molar-refractivity contribution in [1.29, 1.82) is 0 Å². The number of nitrogens with one attached hydrogen (secondary N) is 1. The van der Waals surface area contributed by atoms with Crippen LogP contribution in [0.25, 0.3) is 0 Å². The number of aliphatic imine (C=N–C) groups is 2. The van der Waals surface area contributed by atoms with Crippen LogP contribution in [0.1, 0.15) is 52.9 Å². The lowest BCUT2D eigenvalue weighted by atomic mass is 9.85. The minimum absolute atomic E-state index is 0.510. The molecule has 0 spiro atoms. The van der Waals surface area contributed by atoms with Gasteiger partial charge < -0.3 is 5.32 Å². The molecule has 2 aliphatic rings. The fourth-order valence-electron chi connectivity index (χ4n) is 3.44. The fourth-order valence-corrected chi connectivity index (χ4v) is 3.44. The van der Waals surface area contributed by atoms with Gasteiger partial charge in [-0.25, -0.2) is 0 Å². The molecule has 3 nitrogen and oxygen atoms in total. The first-order valence-electron chi connectivity index (χ1n) is 9.45. The lowest BCUT2D eigenvalue weighted by Gasteiger charge is -2.23. The molecular weight excluding hydrogens is 306 g/mol. The largest absolute Gasteiger partial charge is 0.314 e. The topological polar surface area (TPSA) is 36.8 Å². The van der Waals surface area contributed by atoms with Crippen LogP contribution >= 0.6 is 0 Å². The molecule has 0 saturated heterocycles. The summed E-state index contributed by atoms with van der Waals surface area (Å²) < 4.78 is 0. The Morgan fingerprint density at radius 3 is 2.60 bits per heavy atom. The highest BCUT2D eigenvalue weighted by Crippen LogP contribution is 2.38. The Balaban J connectivity index is 2.63. The number of hydrogen-bond donors (Lipinski definition) is 1. The summed E-state index contributed by atoms with van der Waals surface area (Å²) in [5, 5.41) is 3.56. The smallest absolute Gasteiger partial charge is 0.0530 e. The molecule has 0 aromatic rings. The van der Waals surface area contributed by atoms with E-state index in [1.54, 1.807) is 6.20 Å². The van der Waals surface area contributed by atoms with Crippen molar-refractivity contribution < 1.29 is 0 Å². The Kier molecular flexibility index (Phi) is 7.12. The van der Waals surface area contributed by atoms with Gasteiger partial charge in [0.1, 0.15) is 0 Å². The van der Waals surface area contributed by atoms with Crippen LogP contribution in [-0.2, 0) is 0 Å². The van der Waals surface area contributed by atoms with Crippen molar-refractivity contribution in [2.24, 2.45) is 15.9 Å². The third-order valence-electron chi connectivity index (χ3n) is 4.98. The van der Waals surface area contributed by atoms with E-state index in [1.807, 2.05) is 7.05 Å². The summed E-state index contributed by atoms with van der Waals surface area (Å²) in [5.41, 5.74) is 7.12. The maximum absolute atomic E-state index is 4.67. The first-order valence-corrected chi connectivity index (χ1v) is 9.45. The molecule has 1 saturated carbocycles. The molecule has 1 atom stereocenters. The standard InChI is InChI=1S/C22H33N3/c1-7-24-22(19-12-13-19)21(17(5)23-6)20(15(2)3)18-9-8-14-25-16(4)10-11-18/h7,11,16,19,25H,1-2,8-10,12-14H2,3-6H3/b18-11-,21-20-,23-17?,24-22?/t16-/m1/s1. The number of allylic oxidation sites excluding steroid dienone is 4. The molecule has 2 rings (SSSR count). The van der Waals surface area contributed by atoms with E-state index < -0.39 is 0 Å². The molecule has 25 heavy (non-hydrogen) atoms. The molecule has 1 fully saturated rings. The van der Waals surface area contributed by atoms with Gasteiger partial charge in [-0.2, -0.15) is 0 Å². The van der Waals surface area contributed by atoms with Gasteiger partial charge in [0.25, 0.3) is 0 Å². The average Bonchev–Trinajstić information content (AvgIpc) is 3.39. The van der Waals surface area contributed by atoms with Crippen molar-refractivity contribution in [2.75, 3.05) is 13.6 Å². The van der Waals surface area contributed by atoms with E-state index in [9.17, 15) is 0 Å². The van der Waals surface area contributed by atoms with Gasteiger partial charge >= 0.3 is 0 Å². The van der Waals surface area contributed by atoms with E-state index in [2.05, 4.69) is 55.3 Å². The first-order chi connectivity index (χ1) is 12.0. The van der Waals surface area contributed by atoms with Crippen LogP contribution in [0.5, 0.6) is 0 Å². The Bertz CT molecular complexity index is 642. The fraction of sp³-hybridized carbons (Fsp3) is 0.545. The Labute approximate surface area is 153 Å². The molecule has 0 aromatic carbocycles. The van der Waals surface area contributed by atoms with Crippen LogP contribution in [0.4, 0.5) is 0 Å². The van der Waals surface area contributed by atoms with Crippen LogP contribution in [0.3, 0.4) is 0 Å². The van der Waals surface area contributed by atoms with E-state index in [0.717, 1.165) is 42.8 Å². The summed E-state index contributed by atoms with van der Waals surface area (Å²) in [6.07, 6.45) is 9.72. The molecule has 0 bridgehead atoms. The third-order valence-corrected chi connectivity index (χ3v) is 4.98. The third kappa shape index (κ3) is 5.12. The number of nitrogens with zero attached hydrogens (tertiary/aromatic N) is 2. The molecule has 136 valence electrons. The molecule has 3 heteroatoms. The summed E-state index contributed by atoms with van der Waals surface area (Å²) in [6, 6.07) is 0.510. The highest BCUT2D eigenvalue weighted by atomic mass is 14.9. The molecule has 0 amide bonds. The summed E-state index contributed by atoms with van der Waals surface area (Å²) in [7, 11) is 1.86. The van der Waals surface area contributed by atoms with Gasteiger partial charge in [-0.3, -0.25) is 9.98 Å². The van der Waals surface area contributed by atoms with Crippen LogP contribution in [0.15, 0.2) is 57.7 Å². The van der Waals surface area contributed by atoms with E-state index in [-0.39, 0.29) is 0 Å². The molecule has 0 aromatic heterocycles. The van der Waals surface area contributed by atoms with Gasteiger partial charge in [0.2, 0.25) is 0 Å². The van der Waals surface area contributed by atoms with E-state index in [0.29, 0.717) is 12.0 Å². The van der Waals surface area contributed by atoms with Crippen molar-refractivity contribution in [1.82, 2.24) is 5.32 Å². The highest BCUT2D eigenvalue weighted by molar-refractivity contribution is 6.26. The van der Waals surface area contributed by atoms with Gasteiger partial charge in [0.15, 0.2) is 0 Å². The molecule has 0 unspecified atom stereocenters. The second kappa shape index (κ2) is 9.10. The normalized spacial score (nSPS) is 26.1. The quantitative estimate of drug-likeness (QED) is 0.534. The van der Waals surface area contributed by atoms with Crippen molar-refractivity contribution in [3.8, 4) is 0 Å². The summed E-state index contributed by atoms with van der Waals surface area (Å²) in [4.78, 5) is 9.19. The zero-order valence-electron chi connectivity index (χ0n) is 16.4. The second-order valence-corrected chi connectivity index (χ2v) is 7.23. The molecule has 0 radical (unpaired) electrons. The summed E-state index contributed by atoms with van der Waals surface area (Å²) >= 11 is 0. The molecule has 1 aliphatic heterocycles. The first kappa shape index (κ1) is 19.6. The second-order valence-electron chi connectivity index (χ2n) is 7.23. The van der Waals surface area contributed by atoms with Gasteiger partial charge in [-0.05, 0) is 70.6 Å². The molecule has 1 N–H and O–H groups in total. The number of rotatable bonds is 6. The minimum Gasteiger partial charge on any atom is -0.314 e. The molecule has 1 heterocycles. The average molecular weight is 340 g/mol. The zero-order chi connectivity index (χ0) is 18.4. The summed E-state index contributed by atoms with van der Waals surface area (Å²) in [6.45, 7) is 15.7. The SMILES string of the molecule is C=CN=C(/C(C(C)=NC)=C(C(=C)C)\C1=C/C[C@@H](C)NCCC1)C1CC1. The van der Waals surface area contributed by atoms with E-state index in [1.165, 1.54) is 29.6 Å². The van der Waals surface area contributed by atoms with Gasteiger partial charge in [0.05, 0.1) is 5.71 Å². The molecule has 1 aliphatic carbocycles. The highest BCUT2D eigenvalue weighted by Gasteiger charge is 2.32. The van der Waals surface area contributed by atoms with Gasteiger partial charge in [-0.15, -0.1) is 0 Å². The van der Waals surface area contributed by atoms with Crippen LogP contribution in [-0.4, -0.2) is 31.1 Å². The predicted molar refractivity (Wildman–Crippen MR) is 111 cm³/mol. The van der Waals surface area contributed by atoms with Crippen LogP contribution in [0.2, 0.25) is 0 Å². The monoisotopic (exact) mass is 339 g/mol. The zero-order valence-corrected chi connectivity index (χ0v) is 16.4. The van der Waals surface area contributed by atoms with Crippen LogP contribution < -0.4 is 5.32 Å². The van der Waals surface area contributed by atoms with Gasteiger partial charge in [0, 0.05) is 36.5 Å². The van der Waals surface area contributed by atoms with Crippen molar-refractivity contribution >= 4 is 11.4 Å².